The van der Waals surface area contributed by atoms with E-state index in [1.54, 1.807) is 12.1 Å². The molecule has 0 bridgehead atoms. The van der Waals surface area contributed by atoms with E-state index in [1.165, 1.54) is 12.1 Å². The van der Waals surface area contributed by atoms with Crippen molar-refractivity contribution in [3.8, 4) is 5.75 Å². The first-order chi connectivity index (χ1) is 12.3. The molecule has 3 rings (SSSR count). The third-order valence-electron chi connectivity index (χ3n) is 4.79. The lowest BCUT2D eigenvalue weighted by molar-refractivity contribution is 0.108. The average molecular weight is 404 g/mol. The van der Waals surface area contributed by atoms with Crippen LogP contribution in [0.5, 0.6) is 5.75 Å². The number of rotatable bonds is 7. The second kappa shape index (κ2) is 7.84. The third-order valence-corrected chi connectivity index (χ3v) is 8.96. The van der Waals surface area contributed by atoms with Crippen LogP contribution < -0.4 is 10.1 Å². The Morgan fingerprint density at radius 3 is 2.58 bits per heavy atom. The number of ether oxygens (including phenoxy) is 2. The summed E-state index contributed by atoms with van der Waals surface area (Å²) in [4.78, 5) is 0.118. The van der Waals surface area contributed by atoms with Gasteiger partial charge in [-0.25, -0.2) is 16.8 Å². The van der Waals surface area contributed by atoms with Crippen LogP contribution in [0.4, 0.5) is 0 Å². The fourth-order valence-electron chi connectivity index (χ4n) is 3.47. The monoisotopic (exact) mass is 403 g/mol. The van der Waals surface area contributed by atoms with Crippen molar-refractivity contribution in [2.24, 2.45) is 0 Å². The lowest BCUT2D eigenvalue weighted by Crippen LogP contribution is -2.45. The first-order valence-electron chi connectivity index (χ1n) is 8.84. The van der Waals surface area contributed by atoms with Gasteiger partial charge in [-0.1, -0.05) is 0 Å². The Morgan fingerprint density at radius 2 is 1.96 bits per heavy atom. The fraction of sp³-hybridized carbons (Fsp3) is 0.647. The van der Waals surface area contributed by atoms with E-state index in [0.29, 0.717) is 25.5 Å². The Morgan fingerprint density at radius 1 is 1.23 bits per heavy atom. The maximum Gasteiger partial charge on any atom is 0.183 e. The molecule has 0 spiro atoms. The second-order valence-electron chi connectivity index (χ2n) is 6.71. The molecule has 0 aromatic heterocycles. The predicted molar refractivity (Wildman–Crippen MR) is 98.0 cm³/mol. The maximum absolute atomic E-state index is 13.0. The lowest BCUT2D eigenvalue weighted by Gasteiger charge is -2.21. The summed E-state index contributed by atoms with van der Waals surface area (Å²) in [7, 11) is -7.18. The predicted octanol–water partition coefficient (Wildman–Crippen LogP) is 0.793. The molecule has 9 heteroatoms. The molecule has 3 atom stereocenters. The number of benzene rings is 1. The van der Waals surface area contributed by atoms with Gasteiger partial charge in [0.15, 0.2) is 19.7 Å². The first kappa shape index (κ1) is 19.6. The van der Waals surface area contributed by atoms with Crippen molar-refractivity contribution in [2.45, 2.75) is 42.1 Å². The minimum Gasteiger partial charge on any atom is -0.494 e. The molecule has 0 aliphatic carbocycles. The summed E-state index contributed by atoms with van der Waals surface area (Å²) in [6, 6.07) is 5.51. The van der Waals surface area contributed by atoms with Gasteiger partial charge in [0.1, 0.15) is 5.75 Å². The molecule has 7 nitrogen and oxygen atoms in total. The van der Waals surface area contributed by atoms with Gasteiger partial charge >= 0.3 is 0 Å². The van der Waals surface area contributed by atoms with Crippen molar-refractivity contribution in [1.29, 1.82) is 0 Å². The molecule has 2 fully saturated rings. The molecule has 2 heterocycles. The first-order valence-corrected chi connectivity index (χ1v) is 12.2. The highest BCUT2D eigenvalue weighted by atomic mass is 32.2. The molecule has 1 N–H and O–H groups in total. The molecule has 146 valence electrons. The van der Waals surface area contributed by atoms with Crippen LogP contribution in [0, 0.1) is 0 Å². The molecule has 0 saturated carbocycles. The normalized spacial score (nSPS) is 28.3. The Balaban J connectivity index is 1.78. The van der Waals surface area contributed by atoms with Crippen molar-refractivity contribution in [3.05, 3.63) is 24.3 Å². The van der Waals surface area contributed by atoms with E-state index >= 15 is 0 Å². The highest BCUT2D eigenvalue weighted by Gasteiger charge is 2.45. The van der Waals surface area contributed by atoms with Gasteiger partial charge in [-0.2, -0.15) is 0 Å². The summed E-state index contributed by atoms with van der Waals surface area (Å²) in [5, 5.41) is 2.14. The van der Waals surface area contributed by atoms with E-state index in [0.717, 1.165) is 12.8 Å². The zero-order chi connectivity index (χ0) is 18.8. The summed E-state index contributed by atoms with van der Waals surface area (Å²) in [5.41, 5.74) is 0. The van der Waals surface area contributed by atoms with Crippen LogP contribution in [0.3, 0.4) is 0 Å². The summed E-state index contributed by atoms with van der Waals surface area (Å²) < 4.78 is 61.1. The Bertz CT molecular complexity index is 813. The van der Waals surface area contributed by atoms with E-state index < -0.39 is 31.0 Å². The Kier molecular flexibility index (Phi) is 5.91. The molecule has 0 radical (unpaired) electrons. The highest BCUT2D eigenvalue weighted by Crippen LogP contribution is 2.27. The zero-order valence-electron chi connectivity index (χ0n) is 14.8. The standard InChI is InChI=1S/C17H25NO6S2/c1-2-23-13-5-7-15(8-6-13)26(21,22)17-12-25(19,20)11-16(17)18-10-14-4-3-9-24-14/h5-8,14,16-18H,2-4,9-12H2,1H3/t14-,16-,17-/m0/s1. The molecule has 0 amide bonds. The van der Waals surface area contributed by atoms with Gasteiger partial charge in [0.2, 0.25) is 0 Å². The number of hydrogen-bond acceptors (Lipinski definition) is 7. The van der Waals surface area contributed by atoms with Crippen LogP contribution in [0.15, 0.2) is 29.2 Å². The Hall–Kier alpha value is -1.16. The van der Waals surface area contributed by atoms with E-state index in [-0.39, 0.29) is 22.5 Å². The SMILES string of the molecule is CCOc1ccc(S(=O)(=O)[C@H]2CS(=O)(=O)C[C@@H]2NC[C@@H]2CCCO2)cc1. The molecule has 2 saturated heterocycles. The van der Waals surface area contributed by atoms with Gasteiger partial charge in [0, 0.05) is 19.2 Å². The minimum atomic E-state index is -3.77. The molecule has 1 aromatic carbocycles. The number of hydrogen-bond donors (Lipinski definition) is 1. The minimum absolute atomic E-state index is 0.0205. The molecule has 0 unspecified atom stereocenters. The molecular weight excluding hydrogens is 378 g/mol. The second-order valence-corrected chi connectivity index (χ2v) is 11.0. The fourth-order valence-corrected chi connectivity index (χ4v) is 8.18. The molecule has 2 aliphatic heterocycles. The van der Waals surface area contributed by atoms with Crippen LogP contribution in [-0.2, 0) is 24.4 Å². The van der Waals surface area contributed by atoms with Crippen molar-refractivity contribution in [1.82, 2.24) is 5.32 Å². The van der Waals surface area contributed by atoms with E-state index in [1.807, 2.05) is 6.92 Å². The van der Waals surface area contributed by atoms with Crippen molar-refractivity contribution >= 4 is 19.7 Å². The van der Waals surface area contributed by atoms with E-state index in [2.05, 4.69) is 5.32 Å². The maximum atomic E-state index is 13.0. The van der Waals surface area contributed by atoms with Crippen LogP contribution >= 0.6 is 0 Å². The van der Waals surface area contributed by atoms with E-state index in [4.69, 9.17) is 9.47 Å². The summed E-state index contributed by atoms with van der Waals surface area (Å²) >= 11 is 0. The van der Waals surface area contributed by atoms with Crippen molar-refractivity contribution in [2.75, 3.05) is 31.3 Å². The average Bonchev–Trinajstić information content (AvgIpc) is 3.21. The van der Waals surface area contributed by atoms with Gasteiger partial charge in [-0.15, -0.1) is 0 Å². The summed E-state index contributed by atoms with van der Waals surface area (Å²) in [6.45, 7) is 3.50. The molecule has 1 aromatic rings. The van der Waals surface area contributed by atoms with E-state index in [9.17, 15) is 16.8 Å². The molecular formula is C17H25NO6S2. The highest BCUT2D eigenvalue weighted by molar-refractivity contribution is 7.96. The van der Waals surface area contributed by atoms with Crippen LogP contribution in [0.1, 0.15) is 19.8 Å². The van der Waals surface area contributed by atoms with Crippen molar-refractivity contribution in [3.63, 3.8) is 0 Å². The van der Waals surface area contributed by atoms with Crippen molar-refractivity contribution < 1.29 is 26.3 Å². The van der Waals surface area contributed by atoms with Gasteiger partial charge in [-0.05, 0) is 44.0 Å². The van der Waals surface area contributed by atoms with Crippen LogP contribution in [0.25, 0.3) is 0 Å². The lowest BCUT2D eigenvalue weighted by atomic mass is 10.2. The van der Waals surface area contributed by atoms with Gasteiger partial charge < -0.3 is 14.8 Å². The van der Waals surface area contributed by atoms with Gasteiger partial charge in [0.25, 0.3) is 0 Å². The Labute approximate surface area is 154 Å². The molecule has 2 aliphatic rings. The smallest absolute Gasteiger partial charge is 0.183 e. The van der Waals surface area contributed by atoms with Crippen LogP contribution in [0.2, 0.25) is 0 Å². The third kappa shape index (κ3) is 4.39. The summed E-state index contributed by atoms with van der Waals surface area (Å²) in [6.07, 6.45) is 1.90. The quantitative estimate of drug-likeness (QED) is 0.719. The van der Waals surface area contributed by atoms with Gasteiger partial charge in [-0.3, -0.25) is 0 Å². The molecule has 26 heavy (non-hydrogen) atoms. The number of nitrogens with one attached hydrogen (secondary N) is 1. The summed E-state index contributed by atoms with van der Waals surface area (Å²) in [5.74, 6) is 0.0605. The topological polar surface area (TPSA) is 98.8 Å². The van der Waals surface area contributed by atoms with Crippen LogP contribution in [-0.4, -0.2) is 65.5 Å². The largest absolute Gasteiger partial charge is 0.494 e. The van der Waals surface area contributed by atoms with Gasteiger partial charge in [0.05, 0.1) is 34.4 Å². The zero-order valence-corrected chi connectivity index (χ0v) is 16.4. The number of sulfone groups is 2.